The molecule has 0 aliphatic rings. The van der Waals surface area contributed by atoms with Gasteiger partial charge in [-0.2, -0.15) is 0 Å². The number of halogens is 2. The van der Waals surface area contributed by atoms with Crippen LogP contribution in [0.15, 0.2) is 30.3 Å². The Morgan fingerprint density at radius 2 is 1.74 bits per heavy atom. The zero-order valence-electron chi connectivity index (χ0n) is 11.0. The number of benzene rings is 2. The number of carbonyl (C=O) groups excluding carboxylic acids is 1. The first kappa shape index (κ1) is 13.5. The average molecular weight is 264 g/mol. The molecule has 0 aromatic heterocycles. The van der Waals surface area contributed by atoms with Crippen molar-refractivity contribution in [3.63, 3.8) is 0 Å². The summed E-state index contributed by atoms with van der Waals surface area (Å²) < 4.78 is 33.5. The van der Waals surface area contributed by atoms with Gasteiger partial charge >= 0.3 is 5.97 Å². The molecular weight excluding hydrogens is 250 g/mol. The van der Waals surface area contributed by atoms with Gasteiger partial charge in [-0.1, -0.05) is 24.3 Å². The molecule has 0 spiro atoms. The van der Waals surface area contributed by atoms with Gasteiger partial charge in [-0.3, -0.25) is 4.79 Å². The highest BCUT2D eigenvalue weighted by molar-refractivity contribution is 5.84. The van der Waals surface area contributed by atoms with Crippen molar-refractivity contribution in [1.29, 1.82) is 0 Å². The van der Waals surface area contributed by atoms with Gasteiger partial charge in [0.25, 0.3) is 0 Å². The number of esters is 1. The summed E-state index contributed by atoms with van der Waals surface area (Å²) in [5.41, 5.74) is -1.19. The minimum absolute atomic E-state index is 0.0268. The Labute approximate surface area is 110 Å². The Kier molecular flexibility index (Phi) is 3.27. The van der Waals surface area contributed by atoms with Gasteiger partial charge in [-0.15, -0.1) is 0 Å². The topological polar surface area (TPSA) is 26.3 Å². The third kappa shape index (κ3) is 2.43. The number of fused-ring (bicyclic) bond motifs is 1. The highest BCUT2D eigenvalue weighted by Crippen LogP contribution is 2.33. The highest BCUT2D eigenvalue weighted by atomic mass is 19.1. The highest BCUT2D eigenvalue weighted by Gasteiger charge is 2.29. The molecule has 2 nitrogen and oxygen atoms in total. The average Bonchev–Trinajstić information content (AvgIpc) is 2.32. The molecule has 100 valence electrons. The second-order valence-corrected chi connectivity index (χ2v) is 4.87. The van der Waals surface area contributed by atoms with E-state index in [1.54, 1.807) is 12.1 Å². The molecule has 0 N–H and O–H groups in total. The fraction of sp³-hybridized carbons (Fsp3) is 0.267. The smallest absolute Gasteiger partial charge is 0.303 e. The summed E-state index contributed by atoms with van der Waals surface area (Å²) >= 11 is 0. The van der Waals surface area contributed by atoms with E-state index >= 15 is 0 Å². The van der Waals surface area contributed by atoms with Gasteiger partial charge in [0.15, 0.2) is 0 Å². The van der Waals surface area contributed by atoms with Crippen molar-refractivity contribution in [2.75, 3.05) is 0 Å². The molecule has 2 rings (SSSR count). The van der Waals surface area contributed by atoms with Crippen LogP contribution in [0.3, 0.4) is 0 Å². The Bertz CT molecular complexity index is 648. The molecule has 0 bridgehead atoms. The molecular formula is C15H14F2O2. The van der Waals surface area contributed by atoms with Crippen molar-refractivity contribution in [1.82, 2.24) is 0 Å². The minimum Gasteiger partial charge on any atom is -0.455 e. The number of hydrogen-bond donors (Lipinski definition) is 0. The van der Waals surface area contributed by atoms with Gasteiger partial charge in [0.2, 0.25) is 0 Å². The SMILES string of the molecule is CC(=O)OC(C)(C)c1cc(F)c2ccccc2c1F. The summed E-state index contributed by atoms with van der Waals surface area (Å²) in [5.74, 6) is -1.64. The van der Waals surface area contributed by atoms with E-state index in [9.17, 15) is 13.6 Å². The Hall–Kier alpha value is -1.97. The van der Waals surface area contributed by atoms with E-state index in [1.165, 1.54) is 32.9 Å². The van der Waals surface area contributed by atoms with E-state index in [1.807, 2.05) is 0 Å². The lowest BCUT2D eigenvalue weighted by atomic mass is 9.94. The summed E-state index contributed by atoms with van der Waals surface area (Å²) in [7, 11) is 0. The number of hydrogen-bond acceptors (Lipinski definition) is 2. The number of rotatable bonds is 2. The summed E-state index contributed by atoms with van der Waals surface area (Å²) in [4.78, 5) is 11.1. The summed E-state index contributed by atoms with van der Waals surface area (Å²) in [6, 6.07) is 7.37. The first-order valence-corrected chi connectivity index (χ1v) is 5.90. The number of ether oxygens (including phenoxy) is 1. The normalized spacial score (nSPS) is 11.6. The fourth-order valence-corrected chi connectivity index (χ4v) is 2.15. The number of carbonyl (C=O) groups is 1. The van der Waals surface area contributed by atoms with Gasteiger partial charge in [-0.05, 0) is 19.9 Å². The van der Waals surface area contributed by atoms with Crippen molar-refractivity contribution >= 4 is 16.7 Å². The van der Waals surface area contributed by atoms with Gasteiger partial charge in [0.05, 0.1) is 0 Å². The van der Waals surface area contributed by atoms with Crippen LogP contribution in [0.5, 0.6) is 0 Å². The van der Waals surface area contributed by atoms with Crippen molar-refractivity contribution in [2.45, 2.75) is 26.4 Å². The molecule has 2 aromatic carbocycles. The fourth-order valence-electron chi connectivity index (χ4n) is 2.15. The second kappa shape index (κ2) is 4.61. The molecule has 0 unspecified atom stereocenters. The van der Waals surface area contributed by atoms with Crippen molar-refractivity contribution in [3.8, 4) is 0 Å². The van der Waals surface area contributed by atoms with E-state index in [-0.39, 0.29) is 16.3 Å². The predicted octanol–water partition coefficient (Wildman–Crippen LogP) is 3.92. The second-order valence-electron chi connectivity index (χ2n) is 4.87. The molecule has 4 heteroatoms. The largest absolute Gasteiger partial charge is 0.455 e. The van der Waals surface area contributed by atoms with Crippen LogP contribution < -0.4 is 0 Å². The van der Waals surface area contributed by atoms with E-state index < -0.39 is 23.2 Å². The van der Waals surface area contributed by atoms with E-state index in [0.717, 1.165) is 6.07 Å². The third-order valence-corrected chi connectivity index (χ3v) is 2.98. The zero-order chi connectivity index (χ0) is 14.2. The van der Waals surface area contributed by atoms with Crippen LogP contribution in [0.1, 0.15) is 26.3 Å². The molecule has 0 amide bonds. The monoisotopic (exact) mass is 264 g/mol. The zero-order valence-corrected chi connectivity index (χ0v) is 11.0. The van der Waals surface area contributed by atoms with Crippen molar-refractivity contribution in [3.05, 3.63) is 47.5 Å². The maximum absolute atomic E-state index is 14.4. The molecule has 19 heavy (non-hydrogen) atoms. The lowest BCUT2D eigenvalue weighted by molar-refractivity contribution is -0.154. The van der Waals surface area contributed by atoms with Crippen LogP contribution in [-0.4, -0.2) is 5.97 Å². The van der Waals surface area contributed by atoms with Crippen LogP contribution in [0, 0.1) is 11.6 Å². The molecule has 0 saturated carbocycles. The maximum atomic E-state index is 14.4. The van der Waals surface area contributed by atoms with Crippen molar-refractivity contribution in [2.24, 2.45) is 0 Å². The van der Waals surface area contributed by atoms with Crippen LogP contribution in [0.2, 0.25) is 0 Å². The molecule has 0 heterocycles. The summed E-state index contributed by atoms with van der Waals surface area (Å²) in [6.07, 6.45) is 0. The van der Waals surface area contributed by atoms with Gasteiger partial charge in [0.1, 0.15) is 17.2 Å². The first-order valence-electron chi connectivity index (χ1n) is 5.90. The quantitative estimate of drug-likeness (QED) is 0.768. The van der Waals surface area contributed by atoms with E-state index in [4.69, 9.17) is 4.74 Å². The van der Waals surface area contributed by atoms with Crippen LogP contribution in [-0.2, 0) is 15.1 Å². The molecule has 2 aromatic rings. The summed E-state index contributed by atoms with van der Waals surface area (Å²) in [6.45, 7) is 4.29. The third-order valence-electron chi connectivity index (χ3n) is 2.98. The summed E-state index contributed by atoms with van der Waals surface area (Å²) in [5, 5.41) is 0.389. The van der Waals surface area contributed by atoms with E-state index in [0.29, 0.717) is 0 Å². The first-order chi connectivity index (χ1) is 8.83. The van der Waals surface area contributed by atoms with Crippen LogP contribution in [0.25, 0.3) is 10.8 Å². The predicted molar refractivity (Wildman–Crippen MR) is 68.7 cm³/mol. The molecule has 0 atom stereocenters. The van der Waals surface area contributed by atoms with Crippen LogP contribution in [0.4, 0.5) is 8.78 Å². The van der Waals surface area contributed by atoms with Gasteiger partial charge < -0.3 is 4.74 Å². The lowest BCUT2D eigenvalue weighted by Crippen LogP contribution is -2.26. The standard InChI is InChI=1S/C15H14F2O2/c1-9(18)19-15(2,3)12-8-13(16)10-6-4-5-7-11(10)14(12)17/h4-8H,1-3H3. The minimum atomic E-state index is -1.22. The van der Waals surface area contributed by atoms with Crippen LogP contribution >= 0.6 is 0 Å². The molecule has 0 radical (unpaired) electrons. The Morgan fingerprint density at radius 3 is 2.32 bits per heavy atom. The maximum Gasteiger partial charge on any atom is 0.303 e. The van der Waals surface area contributed by atoms with Gasteiger partial charge in [-0.25, -0.2) is 8.78 Å². The van der Waals surface area contributed by atoms with E-state index in [2.05, 4.69) is 0 Å². The Morgan fingerprint density at radius 1 is 1.16 bits per heavy atom. The molecule has 0 fully saturated rings. The van der Waals surface area contributed by atoms with Gasteiger partial charge in [0, 0.05) is 23.3 Å². The molecule has 0 saturated heterocycles. The molecule has 0 aliphatic carbocycles. The lowest BCUT2D eigenvalue weighted by Gasteiger charge is -2.26. The Balaban J connectivity index is 2.68. The van der Waals surface area contributed by atoms with Crippen molar-refractivity contribution < 1.29 is 18.3 Å². The molecule has 0 aliphatic heterocycles.